The van der Waals surface area contributed by atoms with Crippen molar-refractivity contribution in [2.75, 3.05) is 31.7 Å². The molecule has 2 amide bonds. The lowest BCUT2D eigenvalue weighted by atomic mass is 10.0. The number of nitrogens with zero attached hydrogens (tertiary/aromatic N) is 2. The van der Waals surface area contributed by atoms with Crippen molar-refractivity contribution in [2.24, 2.45) is 0 Å². The Morgan fingerprint density at radius 1 is 0.967 bits per heavy atom. The van der Waals surface area contributed by atoms with Crippen molar-refractivity contribution >= 4 is 27.5 Å². The number of para-hydroxylation sites is 1. The summed E-state index contributed by atoms with van der Waals surface area (Å²) in [5.41, 5.74) is 1.32. The number of sulfonamides is 1. The van der Waals surface area contributed by atoms with Crippen LogP contribution in [0.4, 0.5) is 5.69 Å². The Morgan fingerprint density at radius 2 is 1.57 bits per heavy atom. The Bertz CT molecular complexity index is 1000. The minimum Gasteiger partial charge on any atom is -0.339 e. The van der Waals surface area contributed by atoms with E-state index in [1.165, 1.54) is 7.05 Å². The van der Waals surface area contributed by atoms with E-state index >= 15 is 0 Å². The lowest BCUT2D eigenvalue weighted by Crippen LogP contribution is -2.39. The summed E-state index contributed by atoms with van der Waals surface area (Å²) in [4.78, 5) is 28.0. The maximum absolute atomic E-state index is 13.2. The number of carbonyl (C=O) groups excluding carboxylic acids is 2. The van der Waals surface area contributed by atoms with Crippen LogP contribution in [0.5, 0.6) is 0 Å². The Kier molecular flexibility index (Phi) is 6.89. The van der Waals surface area contributed by atoms with Crippen LogP contribution in [0.15, 0.2) is 54.6 Å². The zero-order valence-corrected chi connectivity index (χ0v) is 18.1. The van der Waals surface area contributed by atoms with Gasteiger partial charge in [-0.1, -0.05) is 42.5 Å². The smallest absolute Gasteiger partial charge is 0.255 e. The summed E-state index contributed by atoms with van der Waals surface area (Å²) in [6, 6.07) is 14.5. The second-order valence-electron chi connectivity index (χ2n) is 7.48. The Labute approximate surface area is 177 Å². The molecular formula is C22H27N3O4S. The van der Waals surface area contributed by atoms with E-state index in [1.54, 1.807) is 59.5 Å². The number of likely N-dealkylation sites (tertiary alicyclic amines) is 1. The van der Waals surface area contributed by atoms with Crippen molar-refractivity contribution in [1.29, 1.82) is 0 Å². The molecule has 0 aliphatic carbocycles. The molecule has 30 heavy (non-hydrogen) atoms. The van der Waals surface area contributed by atoms with Crippen LogP contribution >= 0.6 is 0 Å². The molecule has 1 aliphatic rings. The summed E-state index contributed by atoms with van der Waals surface area (Å²) in [5, 5.41) is 2.79. The first-order valence-electron chi connectivity index (χ1n) is 9.96. The maximum atomic E-state index is 13.2. The maximum Gasteiger partial charge on any atom is 0.255 e. The summed E-state index contributed by atoms with van der Waals surface area (Å²) in [7, 11) is -2.26. The van der Waals surface area contributed by atoms with Gasteiger partial charge in [-0.25, -0.2) is 8.42 Å². The molecule has 0 unspecified atom stereocenters. The molecule has 0 aromatic heterocycles. The number of likely N-dealkylation sites (N-methyl/N-ethyl adjacent to an activating group) is 1. The van der Waals surface area contributed by atoms with Gasteiger partial charge in [-0.15, -0.1) is 0 Å². The number of piperidine rings is 1. The standard InChI is InChI=1S/C22H27N3O4S/c1-24(30(2,28)29)20(17-11-5-3-6-12-17)21(26)23-19-14-8-7-13-18(19)22(27)25-15-9-4-10-16-25/h3,5-8,11-14,20H,4,9-10,15-16H2,1-2H3,(H,23,26)/t20-/m1/s1. The van der Waals surface area contributed by atoms with Crippen LogP contribution in [0.1, 0.15) is 41.2 Å². The number of rotatable bonds is 6. The fraction of sp³-hybridized carbons (Fsp3) is 0.364. The van der Waals surface area contributed by atoms with Gasteiger partial charge in [0.25, 0.3) is 5.91 Å². The fourth-order valence-electron chi connectivity index (χ4n) is 3.60. The lowest BCUT2D eigenvalue weighted by Gasteiger charge is -2.28. The molecule has 2 aromatic carbocycles. The fourth-order valence-corrected chi connectivity index (χ4v) is 4.20. The molecule has 1 atom stereocenters. The average Bonchev–Trinajstić information content (AvgIpc) is 2.74. The van der Waals surface area contributed by atoms with Gasteiger partial charge in [0.1, 0.15) is 6.04 Å². The predicted octanol–water partition coefficient (Wildman–Crippen LogP) is 2.88. The van der Waals surface area contributed by atoms with Crippen molar-refractivity contribution in [3.63, 3.8) is 0 Å². The van der Waals surface area contributed by atoms with Crippen molar-refractivity contribution in [2.45, 2.75) is 25.3 Å². The van der Waals surface area contributed by atoms with E-state index in [0.29, 0.717) is 29.9 Å². The van der Waals surface area contributed by atoms with Crippen molar-refractivity contribution < 1.29 is 18.0 Å². The van der Waals surface area contributed by atoms with Gasteiger partial charge in [0.2, 0.25) is 15.9 Å². The molecule has 1 saturated heterocycles. The minimum absolute atomic E-state index is 0.127. The molecule has 0 radical (unpaired) electrons. The third-order valence-corrected chi connectivity index (χ3v) is 6.57. The second kappa shape index (κ2) is 9.40. The molecule has 7 nitrogen and oxygen atoms in total. The van der Waals surface area contributed by atoms with Gasteiger partial charge in [0, 0.05) is 20.1 Å². The lowest BCUT2D eigenvalue weighted by molar-refractivity contribution is -0.119. The predicted molar refractivity (Wildman–Crippen MR) is 117 cm³/mol. The number of hydrogen-bond acceptors (Lipinski definition) is 4. The van der Waals surface area contributed by atoms with Gasteiger partial charge in [0.15, 0.2) is 0 Å². The largest absolute Gasteiger partial charge is 0.339 e. The van der Waals surface area contributed by atoms with Crippen LogP contribution in [0.2, 0.25) is 0 Å². The van der Waals surface area contributed by atoms with Gasteiger partial charge in [-0.05, 0) is 37.0 Å². The Hall–Kier alpha value is -2.71. The summed E-state index contributed by atoms with van der Waals surface area (Å²) < 4.78 is 25.4. The number of carbonyl (C=O) groups is 2. The van der Waals surface area contributed by atoms with Gasteiger partial charge in [0.05, 0.1) is 17.5 Å². The zero-order valence-electron chi connectivity index (χ0n) is 17.2. The second-order valence-corrected chi connectivity index (χ2v) is 9.52. The molecule has 160 valence electrons. The molecule has 1 aliphatic heterocycles. The quantitative estimate of drug-likeness (QED) is 0.765. The molecule has 0 saturated carbocycles. The van der Waals surface area contributed by atoms with Crippen LogP contribution in [-0.2, 0) is 14.8 Å². The zero-order chi connectivity index (χ0) is 21.7. The molecule has 8 heteroatoms. The number of anilines is 1. The van der Waals surface area contributed by atoms with E-state index in [-0.39, 0.29) is 5.91 Å². The average molecular weight is 430 g/mol. The highest BCUT2D eigenvalue weighted by atomic mass is 32.2. The third kappa shape index (κ3) is 5.06. The van der Waals surface area contributed by atoms with Crippen molar-refractivity contribution in [3.05, 3.63) is 65.7 Å². The molecular weight excluding hydrogens is 402 g/mol. The monoisotopic (exact) mass is 429 g/mol. The van der Waals surface area contributed by atoms with Crippen LogP contribution in [0.25, 0.3) is 0 Å². The molecule has 1 heterocycles. The van der Waals surface area contributed by atoms with E-state index in [2.05, 4.69) is 5.32 Å². The van der Waals surface area contributed by atoms with Gasteiger partial charge >= 0.3 is 0 Å². The molecule has 0 bridgehead atoms. The normalized spacial score (nSPS) is 15.6. The number of nitrogens with one attached hydrogen (secondary N) is 1. The summed E-state index contributed by atoms with van der Waals surface area (Å²) in [6.45, 7) is 1.40. The van der Waals surface area contributed by atoms with E-state index in [9.17, 15) is 18.0 Å². The number of hydrogen-bond donors (Lipinski definition) is 1. The highest BCUT2D eigenvalue weighted by Crippen LogP contribution is 2.26. The van der Waals surface area contributed by atoms with E-state index in [0.717, 1.165) is 29.8 Å². The molecule has 1 fully saturated rings. The minimum atomic E-state index is -3.63. The highest BCUT2D eigenvalue weighted by Gasteiger charge is 2.31. The SMILES string of the molecule is CN([C@@H](C(=O)Nc1ccccc1C(=O)N1CCCCC1)c1ccccc1)S(C)(=O)=O. The van der Waals surface area contributed by atoms with Crippen LogP contribution < -0.4 is 5.32 Å². The van der Waals surface area contributed by atoms with Crippen molar-refractivity contribution in [1.82, 2.24) is 9.21 Å². The van der Waals surface area contributed by atoms with Gasteiger partial charge in [-0.2, -0.15) is 4.31 Å². The highest BCUT2D eigenvalue weighted by molar-refractivity contribution is 7.88. The number of amides is 2. The summed E-state index contributed by atoms with van der Waals surface area (Å²) >= 11 is 0. The van der Waals surface area contributed by atoms with Crippen LogP contribution in [0, 0.1) is 0 Å². The van der Waals surface area contributed by atoms with Gasteiger partial charge < -0.3 is 10.2 Å². The van der Waals surface area contributed by atoms with E-state index in [4.69, 9.17) is 0 Å². The summed E-state index contributed by atoms with van der Waals surface area (Å²) in [6.07, 6.45) is 4.10. The van der Waals surface area contributed by atoms with Crippen LogP contribution in [0.3, 0.4) is 0 Å². The summed E-state index contributed by atoms with van der Waals surface area (Å²) in [5.74, 6) is -0.647. The van der Waals surface area contributed by atoms with E-state index in [1.807, 2.05) is 0 Å². The number of benzene rings is 2. The Balaban J connectivity index is 1.90. The van der Waals surface area contributed by atoms with Crippen LogP contribution in [-0.4, -0.2) is 55.8 Å². The first-order valence-corrected chi connectivity index (χ1v) is 11.8. The molecule has 0 spiro atoms. The third-order valence-electron chi connectivity index (χ3n) is 5.31. The Morgan fingerprint density at radius 3 is 2.20 bits per heavy atom. The molecule has 3 rings (SSSR count). The van der Waals surface area contributed by atoms with Gasteiger partial charge in [-0.3, -0.25) is 9.59 Å². The molecule has 1 N–H and O–H groups in total. The van der Waals surface area contributed by atoms with E-state index < -0.39 is 22.0 Å². The molecule has 2 aromatic rings. The first-order chi connectivity index (χ1) is 14.3. The topological polar surface area (TPSA) is 86.8 Å². The first kappa shape index (κ1) is 22.0. The van der Waals surface area contributed by atoms with Crippen molar-refractivity contribution in [3.8, 4) is 0 Å².